The van der Waals surface area contributed by atoms with E-state index in [0.717, 1.165) is 0 Å². The lowest BCUT2D eigenvalue weighted by atomic mass is 9.94. The number of H-pyrrole nitrogens is 2. The van der Waals surface area contributed by atoms with Crippen molar-refractivity contribution >= 4 is 29.0 Å². The quantitative estimate of drug-likeness (QED) is 0.654. The van der Waals surface area contributed by atoms with Crippen molar-refractivity contribution in [2.45, 2.75) is 6.92 Å². The van der Waals surface area contributed by atoms with E-state index in [-0.39, 0.29) is 22.9 Å². The summed E-state index contributed by atoms with van der Waals surface area (Å²) in [6, 6.07) is 12.2. The molecule has 2 aliphatic heterocycles. The first kappa shape index (κ1) is 18.0. The van der Waals surface area contributed by atoms with Crippen molar-refractivity contribution in [3.63, 3.8) is 0 Å². The number of carbonyl (C=O) groups excluding carboxylic acids is 2. The van der Waals surface area contributed by atoms with E-state index in [0.29, 0.717) is 34.9 Å². The van der Waals surface area contributed by atoms with E-state index >= 15 is 0 Å². The smallest absolute Gasteiger partial charge is 0.271 e. The van der Waals surface area contributed by atoms with Gasteiger partial charge in [-0.2, -0.15) is 0 Å². The van der Waals surface area contributed by atoms with Gasteiger partial charge in [-0.1, -0.05) is 18.2 Å². The number of aromatic nitrogens is 2. The fraction of sp³-hybridized carbons (Fsp3) is 0.136. The van der Waals surface area contributed by atoms with Crippen molar-refractivity contribution in [1.29, 1.82) is 0 Å². The molecule has 30 heavy (non-hydrogen) atoms. The lowest BCUT2D eigenvalue weighted by molar-refractivity contribution is -0.113. The van der Waals surface area contributed by atoms with Gasteiger partial charge < -0.3 is 14.4 Å². The Morgan fingerprint density at radius 3 is 2.67 bits per heavy atom. The molecule has 2 N–H and O–H groups in total. The lowest BCUT2D eigenvalue weighted by Gasteiger charge is -2.28. The average Bonchev–Trinajstić information content (AvgIpc) is 3.36. The standard InChI is InChI=1S/C22H17N3O5/c1-2-25-15-6-4-3-5-13(15)20(26)18(22(25)28)19-14(21(27)24-23-19)9-12-7-8-16-17(10-12)30-11-29-16/h3-10,23H,2,11H2,1H3,(H,24,27). The molecule has 0 saturated carbocycles. The van der Waals surface area contributed by atoms with Crippen LogP contribution in [0.2, 0.25) is 0 Å². The van der Waals surface area contributed by atoms with Crippen LogP contribution < -0.4 is 30.5 Å². The maximum atomic E-state index is 13.2. The molecule has 1 aromatic heterocycles. The molecule has 0 unspecified atom stereocenters. The van der Waals surface area contributed by atoms with E-state index < -0.39 is 17.2 Å². The van der Waals surface area contributed by atoms with Crippen molar-refractivity contribution in [2.75, 3.05) is 18.2 Å². The number of ketones is 1. The van der Waals surface area contributed by atoms with Crippen LogP contribution in [-0.4, -0.2) is 35.2 Å². The molecule has 2 aliphatic rings. The summed E-state index contributed by atoms with van der Waals surface area (Å²) in [5.74, 6) is 0.325. The zero-order valence-electron chi connectivity index (χ0n) is 16.0. The van der Waals surface area contributed by atoms with Crippen LogP contribution in [0.5, 0.6) is 11.5 Å². The van der Waals surface area contributed by atoms with E-state index in [1.165, 1.54) is 4.90 Å². The SMILES string of the molecule is CCN1C(=O)C(=c2[nH][nH]c(=O)c2=Cc2ccc3c(c2)OCO3)C(=O)c2ccccc21. The van der Waals surface area contributed by atoms with Crippen LogP contribution in [0.15, 0.2) is 47.3 Å². The molecule has 5 rings (SSSR count). The molecule has 0 bridgehead atoms. The van der Waals surface area contributed by atoms with Crippen molar-refractivity contribution in [2.24, 2.45) is 0 Å². The Balaban J connectivity index is 1.77. The highest BCUT2D eigenvalue weighted by Gasteiger charge is 2.35. The molecule has 0 fully saturated rings. The third-order valence-electron chi connectivity index (χ3n) is 5.21. The topological polar surface area (TPSA) is 104 Å². The Hall–Kier alpha value is -4.07. The summed E-state index contributed by atoms with van der Waals surface area (Å²) < 4.78 is 10.7. The maximum Gasteiger partial charge on any atom is 0.271 e. The van der Waals surface area contributed by atoms with Gasteiger partial charge in [-0.05, 0) is 42.8 Å². The molecule has 150 valence electrons. The van der Waals surface area contributed by atoms with Gasteiger partial charge in [0.15, 0.2) is 11.5 Å². The molecule has 0 saturated heterocycles. The number of benzene rings is 2. The second kappa shape index (κ2) is 6.77. The monoisotopic (exact) mass is 403 g/mol. The van der Waals surface area contributed by atoms with E-state index in [1.807, 2.05) is 6.92 Å². The van der Waals surface area contributed by atoms with Crippen LogP contribution in [0.1, 0.15) is 22.8 Å². The van der Waals surface area contributed by atoms with Crippen molar-refractivity contribution in [1.82, 2.24) is 10.2 Å². The predicted molar refractivity (Wildman–Crippen MR) is 109 cm³/mol. The number of nitrogens with one attached hydrogen (secondary N) is 2. The number of anilines is 1. The Morgan fingerprint density at radius 2 is 1.83 bits per heavy atom. The van der Waals surface area contributed by atoms with Gasteiger partial charge in [0.1, 0.15) is 5.57 Å². The van der Waals surface area contributed by atoms with Crippen LogP contribution in [-0.2, 0) is 4.79 Å². The van der Waals surface area contributed by atoms with E-state index in [2.05, 4.69) is 10.2 Å². The van der Waals surface area contributed by atoms with E-state index in [9.17, 15) is 14.4 Å². The van der Waals surface area contributed by atoms with Crippen LogP contribution >= 0.6 is 0 Å². The number of hydrogen-bond donors (Lipinski definition) is 2. The highest BCUT2D eigenvalue weighted by molar-refractivity contribution is 6.51. The van der Waals surface area contributed by atoms with Gasteiger partial charge in [0, 0.05) is 12.1 Å². The normalized spacial score (nSPS) is 17.5. The highest BCUT2D eigenvalue weighted by Crippen LogP contribution is 2.32. The lowest BCUT2D eigenvalue weighted by Crippen LogP contribution is -2.45. The zero-order chi connectivity index (χ0) is 20.8. The number of hydrogen-bond acceptors (Lipinski definition) is 5. The second-order valence-electron chi connectivity index (χ2n) is 6.90. The van der Waals surface area contributed by atoms with Crippen LogP contribution in [0.3, 0.4) is 0 Å². The van der Waals surface area contributed by atoms with Gasteiger partial charge in [-0.25, -0.2) is 0 Å². The highest BCUT2D eigenvalue weighted by atomic mass is 16.7. The number of amides is 1. The number of nitrogens with zero attached hydrogens (tertiary/aromatic N) is 1. The number of rotatable bonds is 2. The number of fused-ring (bicyclic) bond motifs is 2. The van der Waals surface area contributed by atoms with Gasteiger partial charge in [0.25, 0.3) is 11.5 Å². The largest absolute Gasteiger partial charge is 0.454 e. The number of para-hydroxylation sites is 1. The molecule has 0 radical (unpaired) electrons. The molecule has 0 aliphatic carbocycles. The molecule has 1 amide bonds. The summed E-state index contributed by atoms with van der Waals surface area (Å²) in [6.45, 7) is 2.37. The minimum absolute atomic E-state index is 0.0686. The summed E-state index contributed by atoms with van der Waals surface area (Å²) in [6.07, 6.45) is 1.61. The molecule has 3 aromatic rings. The second-order valence-corrected chi connectivity index (χ2v) is 6.90. The minimum Gasteiger partial charge on any atom is -0.454 e. The molecule has 8 heteroatoms. The van der Waals surface area contributed by atoms with Gasteiger partial charge in [-0.15, -0.1) is 0 Å². The Bertz CT molecular complexity index is 1380. The predicted octanol–water partition coefficient (Wildman–Crippen LogP) is 0.661. The summed E-state index contributed by atoms with van der Waals surface area (Å²) in [4.78, 5) is 40.4. The summed E-state index contributed by atoms with van der Waals surface area (Å²) in [5.41, 5.74) is 1.16. The van der Waals surface area contributed by atoms with Crippen molar-refractivity contribution < 1.29 is 19.1 Å². The van der Waals surface area contributed by atoms with Crippen LogP contribution in [0.25, 0.3) is 11.6 Å². The van der Waals surface area contributed by atoms with Crippen molar-refractivity contribution in [3.8, 4) is 11.5 Å². The Labute approximate surface area is 170 Å². The number of carbonyl (C=O) groups is 2. The molecular formula is C22H17N3O5. The fourth-order valence-electron chi connectivity index (χ4n) is 3.78. The number of Topliss-reactive ketones (excluding diaryl/α,β-unsaturated/α-hetero) is 1. The minimum atomic E-state index is -0.447. The molecular weight excluding hydrogens is 386 g/mol. The first-order valence-corrected chi connectivity index (χ1v) is 9.46. The van der Waals surface area contributed by atoms with Crippen LogP contribution in [0.4, 0.5) is 5.69 Å². The maximum absolute atomic E-state index is 13.2. The Kier molecular flexibility index (Phi) is 4.06. The summed E-state index contributed by atoms with van der Waals surface area (Å²) >= 11 is 0. The van der Waals surface area contributed by atoms with E-state index in [1.54, 1.807) is 48.5 Å². The van der Waals surface area contributed by atoms with E-state index in [4.69, 9.17) is 9.47 Å². The summed E-state index contributed by atoms with van der Waals surface area (Å²) in [5, 5.41) is 5.58. The van der Waals surface area contributed by atoms with Gasteiger partial charge >= 0.3 is 0 Å². The number of aromatic amines is 2. The first-order chi connectivity index (χ1) is 14.6. The number of ether oxygens (including phenoxy) is 2. The first-order valence-electron chi connectivity index (χ1n) is 9.46. The van der Waals surface area contributed by atoms with Gasteiger partial charge in [0.05, 0.1) is 16.3 Å². The zero-order valence-corrected chi connectivity index (χ0v) is 16.0. The van der Waals surface area contributed by atoms with Gasteiger partial charge in [-0.3, -0.25) is 24.6 Å². The van der Waals surface area contributed by atoms with Crippen molar-refractivity contribution in [3.05, 3.63) is 74.5 Å². The molecule has 8 nitrogen and oxygen atoms in total. The van der Waals surface area contributed by atoms with Gasteiger partial charge in [0.2, 0.25) is 12.6 Å². The summed E-state index contributed by atoms with van der Waals surface area (Å²) in [7, 11) is 0. The molecule has 2 aromatic carbocycles. The average molecular weight is 403 g/mol. The fourth-order valence-corrected chi connectivity index (χ4v) is 3.78. The van der Waals surface area contributed by atoms with Crippen LogP contribution in [0, 0.1) is 0 Å². The molecule has 0 atom stereocenters. The third kappa shape index (κ3) is 2.65. The Morgan fingerprint density at radius 1 is 1.03 bits per heavy atom. The molecule has 3 heterocycles. The molecule has 0 spiro atoms. The third-order valence-corrected chi connectivity index (χ3v) is 5.21.